The smallest absolute Gasteiger partial charge is 0.109 e. The molecule has 0 radical (unpaired) electrons. The molecule has 2 unspecified atom stereocenters. The SMILES string of the molecule is CN1C2CCC1CC(C#N)(NCCO)C2. The maximum Gasteiger partial charge on any atom is 0.109 e. The van der Waals surface area contributed by atoms with Gasteiger partial charge in [0.15, 0.2) is 0 Å². The number of aliphatic hydroxyl groups excluding tert-OH is 1. The van der Waals surface area contributed by atoms with Crippen LogP contribution in [0.3, 0.4) is 0 Å². The van der Waals surface area contributed by atoms with Crippen molar-refractivity contribution in [3.05, 3.63) is 0 Å². The highest BCUT2D eigenvalue weighted by Gasteiger charge is 2.46. The molecule has 2 bridgehead atoms. The monoisotopic (exact) mass is 209 g/mol. The van der Waals surface area contributed by atoms with Crippen molar-refractivity contribution in [2.75, 3.05) is 20.2 Å². The van der Waals surface area contributed by atoms with Gasteiger partial charge in [0.1, 0.15) is 5.54 Å². The molecule has 2 heterocycles. The van der Waals surface area contributed by atoms with Crippen LogP contribution in [0.4, 0.5) is 0 Å². The quantitative estimate of drug-likeness (QED) is 0.691. The summed E-state index contributed by atoms with van der Waals surface area (Å²) in [5.41, 5.74) is -0.388. The maximum atomic E-state index is 9.31. The molecular weight excluding hydrogens is 190 g/mol. The first-order valence-electron chi connectivity index (χ1n) is 5.70. The van der Waals surface area contributed by atoms with E-state index in [4.69, 9.17) is 5.11 Å². The fourth-order valence-corrected chi connectivity index (χ4v) is 3.04. The summed E-state index contributed by atoms with van der Waals surface area (Å²) in [6.45, 7) is 0.630. The van der Waals surface area contributed by atoms with Gasteiger partial charge >= 0.3 is 0 Å². The molecule has 0 aromatic heterocycles. The van der Waals surface area contributed by atoms with Gasteiger partial charge in [-0.3, -0.25) is 5.32 Å². The first-order chi connectivity index (χ1) is 7.21. The van der Waals surface area contributed by atoms with Crippen molar-refractivity contribution < 1.29 is 5.11 Å². The molecule has 0 spiro atoms. The van der Waals surface area contributed by atoms with Crippen LogP contribution in [0.25, 0.3) is 0 Å². The van der Waals surface area contributed by atoms with Crippen molar-refractivity contribution in [2.45, 2.75) is 43.3 Å². The van der Waals surface area contributed by atoms with Gasteiger partial charge in [0.25, 0.3) is 0 Å². The number of nitrogens with one attached hydrogen (secondary N) is 1. The zero-order valence-corrected chi connectivity index (χ0v) is 9.24. The average Bonchev–Trinajstić information content (AvgIpc) is 2.51. The van der Waals surface area contributed by atoms with Gasteiger partial charge in [0, 0.05) is 18.6 Å². The van der Waals surface area contributed by atoms with Crippen LogP contribution in [0, 0.1) is 11.3 Å². The molecule has 2 rings (SSSR count). The van der Waals surface area contributed by atoms with Crippen molar-refractivity contribution in [3.8, 4) is 6.07 Å². The lowest BCUT2D eigenvalue weighted by Gasteiger charge is -2.41. The van der Waals surface area contributed by atoms with E-state index in [-0.39, 0.29) is 12.1 Å². The zero-order chi connectivity index (χ0) is 10.9. The fourth-order valence-electron chi connectivity index (χ4n) is 3.04. The van der Waals surface area contributed by atoms with Crippen molar-refractivity contribution in [3.63, 3.8) is 0 Å². The predicted octanol–water partition coefficient (Wildman–Crippen LogP) is 0.0873. The molecule has 2 N–H and O–H groups in total. The Kier molecular flexibility index (Phi) is 2.96. The van der Waals surface area contributed by atoms with Crippen LogP contribution in [0.1, 0.15) is 25.7 Å². The molecule has 0 aliphatic carbocycles. The molecule has 0 aromatic rings. The van der Waals surface area contributed by atoms with Crippen molar-refractivity contribution in [2.24, 2.45) is 0 Å². The van der Waals surface area contributed by atoms with Gasteiger partial charge in [-0.1, -0.05) is 0 Å². The Bertz CT molecular complexity index is 259. The lowest BCUT2D eigenvalue weighted by Crippen LogP contribution is -2.56. The zero-order valence-electron chi connectivity index (χ0n) is 9.24. The van der Waals surface area contributed by atoms with Crippen molar-refractivity contribution >= 4 is 0 Å². The highest BCUT2D eigenvalue weighted by molar-refractivity contribution is 5.15. The van der Waals surface area contributed by atoms with Gasteiger partial charge in [0.05, 0.1) is 12.7 Å². The number of rotatable bonds is 3. The van der Waals surface area contributed by atoms with E-state index in [1.165, 1.54) is 12.8 Å². The van der Waals surface area contributed by atoms with Gasteiger partial charge in [0.2, 0.25) is 0 Å². The Morgan fingerprint density at radius 1 is 1.47 bits per heavy atom. The Morgan fingerprint density at radius 3 is 2.53 bits per heavy atom. The summed E-state index contributed by atoms with van der Waals surface area (Å²) in [4.78, 5) is 2.41. The summed E-state index contributed by atoms with van der Waals surface area (Å²) >= 11 is 0. The Balaban J connectivity index is 2.07. The lowest BCUT2D eigenvalue weighted by atomic mass is 9.84. The minimum atomic E-state index is -0.388. The molecule has 2 aliphatic heterocycles. The number of hydrogen-bond acceptors (Lipinski definition) is 4. The van der Waals surface area contributed by atoms with Crippen LogP contribution in [-0.2, 0) is 0 Å². The Labute approximate surface area is 90.9 Å². The minimum Gasteiger partial charge on any atom is -0.395 e. The van der Waals surface area contributed by atoms with E-state index in [1.807, 2.05) is 0 Å². The molecule has 2 aliphatic rings. The van der Waals surface area contributed by atoms with E-state index in [0.29, 0.717) is 18.6 Å². The van der Waals surface area contributed by atoms with E-state index in [0.717, 1.165) is 12.8 Å². The van der Waals surface area contributed by atoms with E-state index in [1.54, 1.807) is 0 Å². The number of piperidine rings is 1. The van der Waals surface area contributed by atoms with Crippen LogP contribution in [0.15, 0.2) is 0 Å². The molecule has 2 saturated heterocycles. The first kappa shape index (κ1) is 10.9. The Morgan fingerprint density at radius 2 is 2.07 bits per heavy atom. The number of nitriles is 1. The number of aliphatic hydroxyl groups is 1. The van der Waals surface area contributed by atoms with Crippen LogP contribution in [-0.4, -0.2) is 47.8 Å². The summed E-state index contributed by atoms with van der Waals surface area (Å²) in [5.74, 6) is 0. The summed E-state index contributed by atoms with van der Waals surface area (Å²) in [6.07, 6.45) is 4.23. The van der Waals surface area contributed by atoms with Crippen LogP contribution in [0.5, 0.6) is 0 Å². The van der Waals surface area contributed by atoms with Gasteiger partial charge in [-0.15, -0.1) is 0 Å². The lowest BCUT2D eigenvalue weighted by molar-refractivity contribution is 0.115. The third kappa shape index (κ3) is 1.87. The van der Waals surface area contributed by atoms with Gasteiger partial charge in [-0.25, -0.2) is 0 Å². The molecule has 4 nitrogen and oxygen atoms in total. The van der Waals surface area contributed by atoms with E-state index < -0.39 is 0 Å². The number of hydrogen-bond donors (Lipinski definition) is 2. The fraction of sp³-hybridized carbons (Fsp3) is 0.909. The van der Waals surface area contributed by atoms with Crippen molar-refractivity contribution in [1.82, 2.24) is 10.2 Å². The minimum absolute atomic E-state index is 0.106. The highest BCUT2D eigenvalue weighted by atomic mass is 16.3. The van der Waals surface area contributed by atoms with Crippen LogP contribution >= 0.6 is 0 Å². The third-order valence-electron chi connectivity index (χ3n) is 3.94. The second-order valence-corrected chi connectivity index (χ2v) is 4.80. The third-order valence-corrected chi connectivity index (χ3v) is 3.94. The molecule has 0 amide bonds. The molecule has 84 valence electrons. The molecule has 0 saturated carbocycles. The number of nitrogens with zero attached hydrogens (tertiary/aromatic N) is 2. The predicted molar refractivity (Wildman–Crippen MR) is 57.2 cm³/mol. The van der Waals surface area contributed by atoms with E-state index in [9.17, 15) is 5.26 Å². The summed E-state index contributed by atoms with van der Waals surface area (Å²) in [7, 11) is 2.16. The molecule has 0 aromatic carbocycles. The molecule has 15 heavy (non-hydrogen) atoms. The second-order valence-electron chi connectivity index (χ2n) is 4.80. The maximum absolute atomic E-state index is 9.31. The first-order valence-corrected chi connectivity index (χ1v) is 5.70. The van der Waals surface area contributed by atoms with Crippen LogP contribution < -0.4 is 5.32 Å². The molecule has 2 fully saturated rings. The highest BCUT2D eigenvalue weighted by Crippen LogP contribution is 2.39. The van der Waals surface area contributed by atoms with Crippen LogP contribution in [0.2, 0.25) is 0 Å². The Hall–Kier alpha value is -0.630. The van der Waals surface area contributed by atoms with E-state index >= 15 is 0 Å². The van der Waals surface area contributed by atoms with Gasteiger partial charge in [-0.05, 0) is 32.7 Å². The van der Waals surface area contributed by atoms with Crippen molar-refractivity contribution in [1.29, 1.82) is 5.26 Å². The second kappa shape index (κ2) is 4.09. The standard InChI is InChI=1S/C11H19N3O/c1-14-9-2-3-10(14)7-11(6-9,8-12)13-4-5-15/h9-10,13,15H,2-7H2,1H3. The summed E-state index contributed by atoms with van der Waals surface area (Å²) in [6, 6.07) is 3.53. The molecule has 4 heteroatoms. The summed E-state index contributed by atoms with van der Waals surface area (Å²) < 4.78 is 0. The molecular formula is C11H19N3O. The van der Waals surface area contributed by atoms with E-state index in [2.05, 4.69) is 23.3 Å². The molecule has 2 atom stereocenters. The summed E-state index contributed by atoms with van der Waals surface area (Å²) in [5, 5.41) is 21.3. The largest absolute Gasteiger partial charge is 0.395 e. The number of fused-ring (bicyclic) bond motifs is 2. The average molecular weight is 209 g/mol. The topological polar surface area (TPSA) is 59.3 Å². The number of β-amino-alcohol motifs (C(OH)–C–C–N with tert-alkyl or cyclic N) is 1. The van der Waals surface area contributed by atoms with Gasteiger partial charge < -0.3 is 10.0 Å². The normalized spacial score (nSPS) is 40.3. The van der Waals surface area contributed by atoms with Gasteiger partial charge in [-0.2, -0.15) is 5.26 Å².